The van der Waals surface area contributed by atoms with E-state index in [0.717, 1.165) is 23.5 Å². The highest BCUT2D eigenvalue weighted by atomic mass is 16.3. The molecular weight excluding hydrogens is 226 g/mol. The van der Waals surface area contributed by atoms with Crippen LogP contribution in [0.5, 0.6) is 0 Å². The zero-order valence-electron chi connectivity index (χ0n) is 10.5. The van der Waals surface area contributed by atoms with Crippen LogP contribution in [0.1, 0.15) is 36.9 Å². The van der Waals surface area contributed by atoms with Crippen LogP contribution in [0, 0.1) is 11.3 Å². The number of aliphatic hydroxyl groups excluding tert-OH is 1. The number of hydrogen-bond donors (Lipinski definition) is 1. The lowest BCUT2D eigenvalue weighted by atomic mass is 10.1. The van der Waals surface area contributed by atoms with Crippen molar-refractivity contribution >= 4 is 0 Å². The van der Waals surface area contributed by atoms with Gasteiger partial charge in [0.15, 0.2) is 0 Å². The Bertz CT molecular complexity index is 593. The number of imidazole rings is 1. The molecule has 1 atom stereocenters. The summed E-state index contributed by atoms with van der Waals surface area (Å²) in [6.07, 6.45) is 3.79. The topological polar surface area (TPSA) is 61.8 Å². The van der Waals surface area contributed by atoms with Crippen molar-refractivity contribution in [2.75, 3.05) is 0 Å². The fourth-order valence-electron chi connectivity index (χ4n) is 1.99. The highest BCUT2D eigenvalue weighted by Crippen LogP contribution is 2.24. The number of rotatable bonds is 3. The molecule has 2 aromatic rings. The molecule has 2 rings (SSSR count). The van der Waals surface area contributed by atoms with Gasteiger partial charge in [0.2, 0.25) is 0 Å². The van der Waals surface area contributed by atoms with Crippen molar-refractivity contribution in [3.05, 3.63) is 47.5 Å². The molecule has 1 heterocycles. The molecule has 0 saturated carbocycles. The third kappa shape index (κ3) is 2.13. The van der Waals surface area contributed by atoms with Crippen molar-refractivity contribution in [1.82, 2.24) is 9.55 Å². The van der Waals surface area contributed by atoms with Gasteiger partial charge in [0.1, 0.15) is 5.82 Å². The average molecular weight is 241 g/mol. The third-order valence-electron chi connectivity index (χ3n) is 2.90. The third-order valence-corrected chi connectivity index (χ3v) is 2.90. The van der Waals surface area contributed by atoms with Crippen LogP contribution in [-0.2, 0) is 6.42 Å². The van der Waals surface area contributed by atoms with Gasteiger partial charge in [-0.25, -0.2) is 4.98 Å². The number of nitriles is 1. The molecule has 4 heteroatoms. The molecule has 0 bridgehead atoms. The van der Waals surface area contributed by atoms with Crippen LogP contribution in [-0.4, -0.2) is 14.7 Å². The summed E-state index contributed by atoms with van der Waals surface area (Å²) in [6, 6.07) is 7.40. The van der Waals surface area contributed by atoms with Crippen molar-refractivity contribution in [1.29, 1.82) is 5.26 Å². The number of aromatic nitrogens is 2. The average Bonchev–Trinajstić information content (AvgIpc) is 2.85. The van der Waals surface area contributed by atoms with E-state index in [-0.39, 0.29) is 0 Å². The van der Waals surface area contributed by atoms with Gasteiger partial charge >= 0.3 is 0 Å². The summed E-state index contributed by atoms with van der Waals surface area (Å²) in [6.45, 7) is 3.74. The molecule has 1 aromatic heterocycles. The summed E-state index contributed by atoms with van der Waals surface area (Å²) in [7, 11) is 0. The van der Waals surface area contributed by atoms with Gasteiger partial charge in [-0.15, -0.1) is 0 Å². The van der Waals surface area contributed by atoms with E-state index in [2.05, 4.69) is 11.1 Å². The van der Waals surface area contributed by atoms with Gasteiger partial charge in [-0.3, -0.25) is 0 Å². The van der Waals surface area contributed by atoms with Crippen molar-refractivity contribution < 1.29 is 5.11 Å². The van der Waals surface area contributed by atoms with Crippen LogP contribution in [0.2, 0.25) is 0 Å². The minimum atomic E-state index is -0.583. The highest BCUT2D eigenvalue weighted by Gasteiger charge is 2.12. The molecule has 0 amide bonds. The van der Waals surface area contributed by atoms with E-state index in [1.54, 1.807) is 31.3 Å². The Morgan fingerprint density at radius 2 is 2.28 bits per heavy atom. The number of nitrogens with zero attached hydrogens (tertiary/aromatic N) is 3. The lowest BCUT2D eigenvalue weighted by molar-refractivity contribution is 0.199. The molecular formula is C14H15N3O. The summed E-state index contributed by atoms with van der Waals surface area (Å²) in [5, 5.41) is 18.8. The summed E-state index contributed by atoms with van der Waals surface area (Å²) in [5.74, 6) is 0.909. The monoisotopic (exact) mass is 241 g/mol. The van der Waals surface area contributed by atoms with Crippen LogP contribution in [0.3, 0.4) is 0 Å². The molecule has 0 aliphatic heterocycles. The maximum absolute atomic E-state index is 9.81. The minimum absolute atomic E-state index is 0.574. The standard InChI is InChI=1S/C14H15N3O/c1-3-14-16-6-7-17(14)13-8-11(9-15)4-5-12(13)10(2)18/h4-8,10,18H,3H2,1-2H3/t10-/m1/s1. The van der Waals surface area contributed by atoms with Gasteiger partial charge in [-0.2, -0.15) is 5.26 Å². The molecule has 0 saturated heterocycles. The van der Waals surface area contributed by atoms with Crippen molar-refractivity contribution in [3.8, 4) is 11.8 Å². The molecule has 0 radical (unpaired) electrons. The molecule has 0 unspecified atom stereocenters. The Kier molecular flexibility index (Phi) is 3.45. The first-order valence-electron chi connectivity index (χ1n) is 5.92. The largest absolute Gasteiger partial charge is 0.389 e. The second kappa shape index (κ2) is 5.03. The predicted molar refractivity (Wildman–Crippen MR) is 68.3 cm³/mol. The van der Waals surface area contributed by atoms with E-state index in [1.807, 2.05) is 17.7 Å². The zero-order chi connectivity index (χ0) is 13.1. The molecule has 0 spiro atoms. The maximum Gasteiger partial charge on any atom is 0.112 e. The van der Waals surface area contributed by atoms with Crippen LogP contribution in [0.25, 0.3) is 5.69 Å². The van der Waals surface area contributed by atoms with Gasteiger partial charge in [-0.05, 0) is 19.1 Å². The lowest BCUT2D eigenvalue weighted by Crippen LogP contribution is -2.05. The molecule has 1 aromatic carbocycles. The number of aryl methyl sites for hydroxylation is 1. The molecule has 0 fully saturated rings. The molecule has 1 N–H and O–H groups in total. The number of aliphatic hydroxyl groups is 1. The van der Waals surface area contributed by atoms with Crippen LogP contribution in [0.4, 0.5) is 0 Å². The quantitative estimate of drug-likeness (QED) is 0.897. The molecule has 18 heavy (non-hydrogen) atoms. The van der Waals surface area contributed by atoms with E-state index in [1.165, 1.54) is 0 Å². The van der Waals surface area contributed by atoms with Gasteiger partial charge < -0.3 is 9.67 Å². The second-order valence-corrected chi connectivity index (χ2v) is 4.13. The van der Waals surface area contributed by atoms with Crippen molar-refractivity contribution in [3.63, 3.8) is 0 Å². The van der Waals surface area contributed by atoms with Crippen LogP contribution < -0.4 is 0 Å². The van der Waals surface area contributed by atoms with E-state index in [0.29, 0.717) is 5.56 Å². The summed E-state index contributed by atoms with van der Waals surface area (Å²) in [5.41, 5.74) is 2.19. The Hall–Kier alpha value is -2.12. The first-order chi connectivity index (χ1) is 8.67. The van der Waals surface area contributed by atoms with Gasteiger partial charge in [0.25, 0.3) is 0 Å². The Morgan fingerprint density at radius 1 is 1.50 bits per heavy atom. The fraction of sp³-hybridized carbons (Fsp3) is 0.286. The molecule has 92 valence electrons. The first kappa shape index (κ1) is 12.3. The summed E-state index contributed by atoms with van der Waals surface area (Å²) >= 11 is 0. The summed E-state index contributed by atoms with van der Waals surface area (Å²) in [4.78, 5) is 4.27. The second-order valence-electron chi connectivity index (χ2n) is 4.13. The SMILES string of the molecule is CCc1nccn1-c1cc(C#N)ccc1[C@@H](C)O. The van der Waals surface area contributed by atoms with Crippen LogP contribution in [0.15, 0.2) is 30.6 Å². The maximum atomic E-state index is 9.81. The van der Waals surface area contributed by atoms with E-state index >= 15 is 0 Å². The summed E-state index contributed by atoms with van der Waals surface area (Å²) < 4.78 is 1.92. The molecule has 0 aliphatic carbocycles. The van der Waals surface area contributed by atoms with E-state index in [9.17, 15) is 5.11 Å². The van der Waals surface area contributed by atoms with Gasteiger partial charge in [0.05, 0.1) is 23.4 Å². The number of hydrogen-bond acceptors (Lipinski definition) is 3. The van der Waals surface area contributed by atoms with Crippen molar-refractivity contribution in [2.24, 2.45) is 0 Å². The predicted octanol–water partition coefficient (Wildman–Crippen LogP) is 2.36. The van der Waals surface area contributed by atoms with Crippen LogP contribution >= 0.6 is 0 Å². The van der Waals surface area contributed by atoms with Gasteiger partial charge in [0, 0.05) is 24.4 Å². The minimum Gasteiger partial charge on any atom is -0.389 e. The van der Waals surface area contributed by atoms with Gasteiger partial charge in [-0.1, -0.05) is 13.0 Å². The zero-order valence-corrected chi connectivity index (χ0v) is 10.5. The van der Waals surface area contributed by atoms with E-state index in [4.69, 9.17) is 5.26 Å². The molecule has 4 nitrogen and oxygen atoms in total. The Labute approximate surface area is 106 Å². The Morgan fingerprint density at radius 3 is 2.89 bits per heavy atom. The van der Waals surface area contributed by atoms with E-state index < -0.39 is 6.10 Å². The normalized spacial score (nSPS) is 12.1. The molecule has 0 aliphatic rings. The van der Waals surface area contributed by atoms with Crippen molar-refractivity contribution in [2.45, 2.75) is 26.4 Å². The Balaban J connectivity index is 2.64. The smallest absolute Gasteiger partial charge is 0.112 e. The first-order valence-corrected chi connectivity index (χ1v) is 5.92. The fourth-order valence-corrected chi connectivity index (χ4v) is 1.99. The number of benzene rings is 1. The lowest BCUT2D eigenvalue weighted by Gasteiger charge is -2.15. The highest BCUT2D eigenvalue weighted by molar-refractivity contribution is 5.49.